The molecule has 1 aromatic carbocycles. The molecular weight excluding hydrogens is 335 g/mol. The van der Waals surface area contributed by atoms with E-state index in [1.54, 1.807) is 13.8 Å². The molecule has 2 N–H and O–H groups in total. The van der Waals surface area contributed by atoms with E-state index in [0.717, 1.165) is 12.3 Å². The average molecular weight is 349 g/mol. The molecule has 1 atom stereocenters. The van der Waals surface area contributed by atoms with Gasteiger partial charge in [0.05, 0.1) is 17.8 Å². The number of H-pyrrole nitrogens is 1. The first-order valence-electron chi connectivity index (χ1n) is 7.43. The second-order valence-corrected chi connectivity index (χ2v) is 5.48. The highest BCUT2D eigenvalue weighted by Crippen LogP contribution is 2.29. The monoisotopic (exact) mass is 349 g/mol. The number of anilines is 1. The van der Waals surface area contributed by atoms with Crippen molar-refractivity contribution in [3.8, 4) is 0 Å². The van der Waals surface area contributed by atoms with Crippen LogP contribution in [0.4, 0.5) is 19.0 Å². The summed E-state index contributed by atoms with van der Waals surface area (Å²) < 4.78 is 40.1. The van der Waals surface area contributed by atoms with Crippen molar-refractivity contribution in [1.82, 2.24) is 19.9 Å². The van der Waals surface area contributed by atoms with Crippen molar-refractivity contribution < 1.29 is 13.2 Å². The number of aryl methyl sites for hydroxylation is 1. The Morgan fingerprint density at radius 2 is 1.92 bits per heavy atom. The normalized spacial score (nSPS) is 12.6. The third-order valence-corrected chi connectivity index (χ3v) is 3.67. The van der Waals surface area contributed by atoms with Crippen LogP contribution in [0.2, 0.25) is 0 Å². The Morgan fingerprint density at radius 1 is 1.20 bits per heavy atom. The molecule has 9 heteroatoms. The minimum Gasteiger partial charge on any atom is -0.362 e. The lowest BCUT2D eigenvalue weighted by Gasteiger charge is -2.18. The zero-order valence-electron chi connectivity index (χ0n) is 13.3. The summed E-state index contributed by atoms with van der Waals surface area (Å²) in [5, 5.41) is 2.93. The molecule has 25 heavy (non-hydrogen) atoms. The van der Waals surface area contributed by atoms with Gasteiger partial charge in [-0.3, -0.25) is 4.79 Å². The maximum absolute atomic E-state index is 14.3. The van der Waals surface area contributed by atoms with Gasteiger partial charge in [-0.05, 0) is 13.8 Å². The highest BCUT2D eigenvalue weighted by molar-refractivity contribution is 5.82. The number of benzene rings is 1. The van der Waals surface area contributed by atoms with Crippen LogP contribution in [0.3, 0.4) is 0 Å². The molecule has 2 aromatic heterocycles. The van der Waals surface area contributed by atoms with E-state index < -0.39 is 29.4 Å². The van der Waals surface area contributed by atoms with Gasteiger partial charge in [0.15, 0.2) is 11.5 Å². The van der Waals surface area contributed by atoms with Gasteiger partial charge < -0.3 is 10.3 Å². The number of alkyl halides is 2. The number of rotatable bonds is 4. The molecule has 0 aliphatic carbocycles. The number of aromatic nitrogens is 4. The number of aromatic amines is 1. The van der Waals surface area contributed by atoms with Crippen LogP contribution in [-0.4, -0.2) is 19.9 Å². The number of nitrogens with zero attached hydrogens (tertiary/aromatic N) is 3. The molecule has 6 nitrogen and oxygen atoms in total. The van der Waals surface area contributed by atoms with Crippen LogP contribution < -0.4 is 10.9 Å². The molecule has 3 aromatic rings. The van der Waals surface area contributed by atoms with Crippen LogP contribution >= 0.6 is 0 Å². The van der Waals surface area contributed by atoms with Gasteiger partial charge in [-0.1, -0.05) is 18.2 Å². The first-order chi connectivity index (χ1) is 11.9. The zero-order valence-corrected chi connectivity index (χ0v) is 13.3. The maximum Gasteiger partial charge on any atom is 0.267 e. The second-order valence-electron chi connectivity index (χ2n) is 5.48. The van der Waals surface area contributed by atoms with Gasteiger partial charge >= 0.3 is 0 Å². The number of hydrogen-bond acceptors (Lipinski definition) is 5. The molecular formula is C16H14F3N5O. The van der Waals surface area contributed by atoms with Gasteiger partial charge in [-0.2, -0.15) is 0 Å². The van der Waals surface area contributed by atoms with E-state index in [-0.39, 0.29) is 22.5 Å². The molecule has 2 heterocycles. The van der Waals surface area contributed by atoms with Crippen LogP contribution in [0.1, 0.15) is 36.3 Å². The van der Waals surface area contributed by atoms with Gasteiger partial charge in [-0.15, -0.1) is 0 Å². The summed E-state index contributed by atoms with van der Waals surface area (Å²) in [6, 6.07) is 3.14. The lowest BCUT2D eigenvalue weighted by Crippen LogP contribution is -2.15. The summed E-state index contributed by atoms with van der Waals surface area (Å²) in [7, 11) is 0. The minimum atomic E-state index is -2.91. The van der Waals surface area contributed by atoms with Crippen LogP contribution in [0.15, 0.2) is 29.2 Å². The van der Waals surface area contributed by atoms with Gasteiger partial charge in [0.25, 0.3) is 12.0 Å². The van der Waals surface area contributed by atoms with Crippen molar-refractivity contribution in [1.29, 1.82) is 0 Å². The number of nitrogens with one attached hydrogen (secondary N) is 2. The predicted molar refractivity (Wildman–Crippen MR) is 86.1 cm³/mol. The van der Waals surface area contributed by atoms with E-state index in [1.807, 2.05) is 0 Å². The number of halogens is 3. The molecule has 0 bridgehead atoms. The summed E-state index contributed by atoms with van der Waals surface area (Å²) in [5.41, 5.74) is -0.515. The first kappa shape index (κ1) is 16.9. The van der Waals surface area contributed by atoms with Gasteiger partial charge in [0.1, 0.15) is 17.2 Å². The van der Waals surface area contributed by atoms with E-state index in [9.17, 15) is 18.0 Å². The van der Waals surface area contributed by atoms with E-state index in [0.29, 0.717) is 5.82 Å². The Balaban J connectivity index is 2.03. The Bertz CT molecular complexity index is 989. The van der Waals surface area contributed by atoms with Crippen molar-refractivity contribution in [3.05, 3.63) is 57.5 Å². The maximum atomic E-state index is 14.3. The second kappa shape index (κ2) is 6.50. The summed E-state index contributed by atoms with van der Waals surface area (Å²) in [4.78, 5) is 26.3. The van der Waals surface area contributed by atoms with E-state index in [2.05, 4.69) is 25.3 Å². The lowest BCUT2D eigenvalue weighted by molar-refractivity contribution is 0.146. The van der Waals surface area contributed by atoms with Crippen LogP contribution in [0, 0.1) is 12.7 Å². The molecule has 0 aliphatic rings. The van der Waals surface area contributed by atoms with Gasteiger partial charge in [0.2, 0.25) is 0 Å². The van der Waals surface area contributed by atoms with Crippen molar-refractivity contribution in [3.63, 3.8) is 0 Å². The summed E-state index contributed by atoms with van der Waals surface area (Å²) >= 11 is 0. The molecule has 130 valence electrons. The molecule has 3 rings (SSSR count). The van der Waals surface area contributed by atoms with Gasteiger partial charge in [-0.25, -0.2) is 28.1 Å². The third-order valence-electron chi connectivity index (χ3n) is 3.67. The average Bonchev–Trinajstić information content (AvgIpc) is 2.55. The summed E-state index contributed by atoms with van der Waals surface area (Å²) in [6.07, 6.45) is -1.82. The summed E-state index contributed by atoms with van der Waals surface area (Å²) in [6.45, 7) is 3.24. The number of hydrogen-bond donors (Lipinski definition) is 2. The van der Waals surface area contributed by atoms with Crippen molar-refractivity contribution in [2.24, 2.45) is 0 Å². The fourth-order valence-electron chi connectivity index (χ4n) is 2.50. The fourth-order valence-corrected chi connectivity index (χ4v) is 2.50. The molecule has 0 spiro atoms. The van der Waals surface area contributed by atoms with E-state index >= 15 is 0 Å². The smallest absolute Gasteiger partial charge is 0.267 e. The Morgan fingerprint density at radius 3 is 2.64 bits per heavy atom. The van der Waals surface area contributed by atoms with Crippen LogP contribution in [0.5, 0.6) is 0 Å². The Hall–Kier alpha value is -2.97. The molecule has 0 saturated heterocycles. The first-order valence-corrected chi connectivity index (χ1v) is 7.43. The lowest BCUT2D eigenvalue weighted by atomic mass is 10.0. The molecule has 0 saturated carbocycles. The number of fused-ring (bicyclic) bond motifs is 1. The molecule has 0 aliphatic heterocycles. The summed E-state index contributed by atoms with van der Waals surface area (Å²) in [5.74, 6) is -0.343. The zero-order chi connectivity index (χ0) is 18.1. The highest BCUT2D eigenvalue weighted by atomic mass is 19.3. The highest BCUT2D eigenvalue weighted by Gasteiger charge is 2.20. The SMILES string of the molecule is Cc1nc(NC(C)c2cccc(C(F)F)c2F)c2[nH]c(=O)cnc2n1. The largest absolute Gasteiger partial charge is 0.362 e. The van der Waals surface area contributed by atoms with Crippen LogP contribution in [0.25, 0.3) is 11.2 Å². The fraction of sp³-hybridized carbons (Fsp3) is 0.250. The molecule has 0 amide bonds. The van der Waals surface area contributed by atoms with Crippen molar-refractivity contribution >= 4 is 17.0 Å². The van der Waals surface area contributed by atoms with Crippen molar-refractivity contribution in [2.45, 2.75) is 26.3 Å². The Labute approximate surface area is 140 Å². The predicted octanol–water partition coefficient (Wildman–Crippen LogP) is 3.27. The molecule has 1 unspecified atom stereocenters. The van der Waals surface area contributed by atoms with E-state index in [4.69, 9.17) is 0 Å². The van der Waals surface area contributed by atoms with E-state index in [1.165, 1.54) is 12.1 Å². The molecule has 0 fully saturated rings. The minimum absolute atomic E-state index is 0.0634. The van der Waals surface area contributed by atoms with Gasteiger partial charge in [0, 0.05) is 5.56 Å². The molecule has 0 radical (unpaired) electrons. The van der Waals surface area contributed by atoms with Crippen LogP contribution in [-0.2, 0) is 0 Å². The Kier molecular flexibility index (Phi) is 4.39. The third kappa shape index (κ3) is 3.30. The quantitative estimate of drug-likeness (QED) is 0.755. The standard InChI is InChI=1S/C16H14F3N5O/c1-7(9-4-3-5-10(12(9)17)14(18)19)21-16-13-15(22-8(2)23-16)20-6-11(25)24-13/h3-7,14H,1-2H3,(H,24,25)(H,20,21,22,23). The topological polar surface area (TPSA) is 83.6 Å². The van der Waals surface area contributed by atoms with Crippen molar-refractivity contribution in [2.75, 3.05) is 5.32 Å².